The van der Waals surface area contributed by atoms with E-state index in [-0.39, 0.29) is 10.7 Å². The fraction of sp³-hybridized carbons (Fsp3) is 0. The molecule has 0 bridgehead atoms. The molecule has 0 spiro atoms. The predicted octanol–water partition coefficient (Wildman–Crippen LogP) is 1.26. The van der Waals surface area contributed by atoms with Crippen LogP contribution in [0.1, 0.15) is 16.1 Å². The smallest absolute Gasteiger partial charge is 0.269 e. The van der Waals surface area contributed by atoms with Gasteiger partial charge in [0.2, 0.25) is 0 Å². The lowest BCUT2D eigenvalue weighted by molar-refractivity contribution is 0.0995. The highest BCUT2D eigenvalue weighted by atomic mass is 35.5. The highest BCUT2D eigenvalue weighted by Crippen LogP contribution is 2.19. The zero-order valence-electron chi connectivity index (χ0n) is 9.13. The van der Waals surface area contributed by atoms with Crippen LogP contribution in [0.3, 0.4) is 0 Å². The minimum absolute atomic E-state index is 0.166. The second-order valence-corrected chi connectivity index (χ2v) is 4.41. The summed E-state index contributed by atoms with van der Waals surface area (Å²) in [4.78, 5) is 11.2. The molecule has 0 aliphatic rings. The molecule has 1 amide bonds. The van der Waals surface area contributed by atoms with Crippen molar-refractivity contribution >= 4 is 34.7 Å². The van der Waals surface area contributed by atoms with Crippen molar-refractivity contribution in [2.45, 2.75) is 0 Å². The molecule has 1 aromatic heterocycles. The highest BCUT2D eigenvalue weighted by molar-refractivity contribution is 7.80. The molecule has 0 unspecified atom stereocenters. The van der Waals surface area contributed by atoms with Crippen molar-refractivity contribution in [1.29, 1.82) is 0 Å². The summed E-state index contributed by atoms with van der Waals surface area (Å²) in [5, 5.41) is 4.55. The Balaban J connectivity index is 2.55. The molecule has 0 aliphatic heterocycles. The summed E-state index contributed by atoms with van der Waals surface area (Å²) in [5.74, 6) is -0.598. The van der Waals surface area contributed by atoms with E-state index in [0.717, 1.165) is 0 Å². The van der Waals surface area contributed by atoms with Gasteiger partial charge in [0, 0.05) is 16.8 Å². The van der Waals surface area contributed by atoms with Gasteiger partial charge in [0.1, 0.15) is 10.7 Å². The van der Waals surface area contributed by atoms with Crippen LogP contribution in [0.25, 0.3) is 5.69 Å². The number of thiocarbonyl (C=S) groups is 1. The van der Waals surface area contributed by atoms with Gasteiger partial charge in [-0.3, -0.25) is 4.79 Å². The number of halogens is 1. The van der Waals surface area contributed by atoms with Crippen molar-refractivity contribution in [2.75, 3.05) is 0 Å². The van der Waals surface area contributed by atoms with Gasteiger partial charge in [-0.25, -0.2) is 4.68 Å². The third-order valence-electron chi connectivity index (χ3n) is 2.31. The Morgan fingerprint density at radius 1 is 1.33 bits per heavy atom. The van der Waals surface area contributed by atoms with E-state index in [1.807, 2.05) is 0 Å². The molecule has 0 aliphatic carbocycles. The molecule has 0 atom stereocenters. The minimum atomic E-state index is -0.598. The predicted molar refractivity (Wildman–Crippen MR) is 73.0 cm³/mol. The van der Waals surface area contributed by atoms with E-state index in [4.69, 9.17) is 35.3 Å². The third kappa shape index (κ3) is 2.34. The number of nitrogens with two attached hydrogens (primary N) is 2. The monoisotopic (exact) mass is 280 g/mol. The Morgan fingerprint density at radius 3 is 2.61 bits per heavy atom. The van der Waals surface area contributed by atoms with Crippen LogP contribution in [0.15, 0.2) is 30.5 Å². The first-order valence-corrected chi connectivity index (χ1v) is 5.73. The first-order chi connectivity index (χ1) is 8.49. The quantitative estimate of drug-likeness (QED) is 0.829. The normalized spacial score (nSPS) is 10.3. The maximum Gasteiger partial charge on any atom is 0.269 e. The molecule has 1 aromatic carbocycles. The molecular formula is C11H9ClN4OS. The first kappa shape index (κ1) is 12.5. The Bertz CT molecular complexity index is 638. The van der Waals surface area contributed by atoms with Crippen molar-refractivity contribution in [3.8, 4) is 5.69 Å². The van der Waals surface area contributed by atoms with Gasteiger partial charge in [0.05, 0.1) is 5.69 Å². The van der Waals surface area contributed by atoms with Crippen LogP contribution in [-0.2, 0) is 0 Å². The summed E-state index contributed by atoms with van der Waals surface area (Å²) in [6.07, 6.45) is 1.60. The van der Waals surface area contributed by atoms with Gasteiger partial charge in [-0.15, -0.1) is 0 Å². The van der Waals surface area contributed by atoms with E-state index in [1.54, 1.807) is 24.4 Å². The van der Waals surface area contributed by atoms with Gasteiger partial charge in [0.25, 0.3) is 5.91 Å². The molecule has 7 heteroatoms. The highest BCUT2D eigenvalue weighted by Gasteiger charge is 2.11. The van der Waals surface area contributed by atoms with E-state index in [1.165, 1.54) is 10.7 Å². The molecule has 2 aromatic rings. The molecule has 92 valence electrons. The van der Waals surface area contributed by atoms with Gasteiger partial charge in [-0.05, 0) is 24.3 Å². The summed E-state index contributed by atoms with van der Waals surface area (Å²) in [7, 11) is 0. The molecule has 1 heterocycles. The molecule has 0 radical (unpaired) electrons. The summed E-state index contributed by atoms with van der Waals surface area (Å²) >= 11 is 10.8. The second-order valence-electron chi connectivity index (χ2n) is 3.54. The number of carbonyl (C=O) groups excluding carboxylic acids is 1. The molecule has 0 saturated carbocycles. The van der Waals surface area contributed by atoms with Crippen LogP contribution in [0.2, 0.25) is 5.02 Å². The van der Waals surface area contributed by atoms with Gasteiger partial charge >= 0.3 is 0 Å². The van der Waals surface area contributed by atoms with E-state index in [0.29, 0.717) is 16.3 Å². The average Bonchev–Trinajstić information content (AvgIpc) is 2.78. The van der Waals surface area contributed by atoms with Crippen LogP contribution in [0, 0.1) is 0 Å². The van der Waals surface area contributed by atoms with Crippen molar-refractivity contribution in [1.82, 2.24) is 9.78 Å². The number of nitrogens with zero attached hydrogens (tertiary/aromatic N) is 2. The Morgan fingerprint density at radius 2 is 2.06 bits per heavy atom. The number of hydrogen-bond donors (Lipinski definition) is 2. The lowest BCUT2D eigenvalue weighted by atomic mass is 10.2. The second kappa shape index (κ2) is 4.75. The van der Waals surface area contributed by atoms with E-state index < -0.39 is 5.91 Å². The molecule has 2 rings (SSSR count). The lowest BCUT2D eigenvalue weighted by Crippen LogP contribution is -2.15. The number of carbonyl (C=O) groups is 1. The fourth-order valence-corrected chi connectivity index (χ4v) is 1.83. The SMILES string of the molecule is NC(=O)c1ccn(-c2ccc(Cl)cc2C(N)=S)n1. The molecule has 0 saturated heterocycles. The number of rotatable bonds is 3. The van der Waals surface area contributed by atoms with E-state index in [9.17, 15) is 4.79 Å². The molecule has 18 heavy (non-hydrogen) atoms. The van der Waals surface area contributed by atoms with Crippen LogP contribution in [-0.4, -0.2) is 20.7 Å². The average molecular weight is 281 g/mol. The van der Waals surface area contributed by atoms with Crippen molar-refractivity contribution in [2.24, 2.45) is 11.5 Å². The van der Waals surface area contributed by atoms with E-state index in [2.05, 4.69) is 5.10 Å². The number of hydrogen-bond acceptors (Lipinski definition) is 3. The number of primary amides is 1. The Kier molecular flexibility index (Phi) is 3.31. The maximum absolute atomic E-state index is 11.0. The lowest BCUT2D eigenvalue weighted by Gasteiger charge is -2.08. The van der Waals surface area contributed by atoms with Gasteiger partial charge in [-0.2, -0.15) is 5.10 Å². The zero-order chi connectivity index (χ0) is 13.3. The Hall–Kier alpha value is -1.92. The molecule has 0 fully saturated rings. The molecule has 4 N–H and O–H groups in total. The van der Waals surface area contributed by atoms with Crippen LogP contribution in [0.5, 0.6) is 0 Å². The van der Waals surface area contributed by atoms with Gasteiger partial charge < -0.3 is 11.5 Å². The van der Waals surface area contributed by atoms with Gasteiger partial charge in [-0.1, -0.05) is 23.8 Å². The van der Waals surface area contributed by atoms with Crippen LogP contribution >= 0.6 is 23.8 Å². The third-order valence-corrected chi connectivity index (χ3v) is 2.77. The van der Waals surface area contributed by atoms with E-state index >= 15 is 0 Å². The summed E-state index contributed by atoms with van der Waals surface area (Å²) in [6.45, 7) is 0. The van der Waals surface area contributed by atoms with Crippen molar-refractivity contribution < 1.29 is 4.79 Å². The van der Waals surface area contributed by atoms with Crippen molar-refractivity contribution in [3.05, 3.63) is 46.7 Å². The summed E-state index contributed by atoms with van der Waals surface area (Å²) in [6, 6.07) is 6.56. The molecular weight excluding hydrogens is 272 g/mol. The number of aromatic nitrogens is 2. The standard InChI is InChI=1S/C11H9ClN4OS/c12-6-1-2-9(7(5-6)11(14)18)16-4-3-8(15-16)10(13)17/h1-5H,(H2,13,17)(H2,14,18). The summed E-state index contributed by atoms with van der Waals surface area (Å²) in [5.41, 5.74) is 12.2. The van der Waals surface area contributed by atoms with Crippen LogP contribution < -0.4 is 11.5 Å². The number of benzene rings is 1. The van der Waals surface area contributed by atoms with Crippen molar-refractivity contribution in [3.63, 3.8) is 0 Å². The van der Waals surface area contributed by atoms with Crippen LogP contribution in [0.4, 0.5) is 0 Å². The largest absolute Gasteiger partial charge is 0.389 e. The first-order valence-electron chi connectivity index (χ1n) is 4.94. The number of amides is 1. The minimum Gasteiger partial charge on any atom is -0.389 e. The van der Waals surface area contributed by atoms with Gasteiger partial charge in [0.15, 0.2) is 0 Å². The molecule has 5 nitrogen and oxygen atoms in total. The summed E-state index contributed by atoms with van der Waals surface area (Å²) < 4.78 is 1.48. The fourth-order valence-electron chi connectivity index (χ4n) is 1.49. The Labute approximate surface area is 113 Å². The maximum atomic E-state index is 11.0. The topological polar surface area (TPSA) is 86.9 Å². The zero-order valence-corrected chi connectivity index (χ0v) is 10.7.